The predicted molar refractivity (Wildman–Crippen MR) is 51.5 cm³/mol. The van der Waals surface area contributed by atoms with Gasteiger partial charge in [-0.3, -0.25) is 0 Å². The Morgan fingerprint density at radius 3 is 2.75 bits per heavy atom. The van der Waals surface area contributed by atoms with Crippen LogP contribution in [0.25, 0.3) is 0 Å². The summed E-state index contributed by atoms with van der Waals surface area (Å²) in [6.45, 7) is 0.482. The zero-order valence-electron chi connectivity index (χ0n) is 7.01. The summed E-state index contributed by atoms with van der Waals surface area (Å²) in [6, 6.07) is 4.76. The molecule has 1 nitrogen and oxygen atoms in total. The largest absolute Gasteiger partial charge is 0.326 e. The first-order valence-corrected chi connectivity index (χ1v) is 5.13. The van der Waals surface area contributed by atoms with E-state index in [0.29, 0.717) is 6.54 Å². The Morgan fingerprint density at radius 2 is 2.17 bits per heavy atom. The van der Waals surface area contributed by atoms with Crippen LogP contribution in [0, 0.1) is 5.82 Å². The van der Waals surface area contributed by atoms with Gasteiger partial charge >= 0.3 is 0 Å². The van der Waals surface area contributed by atoms with Crippen LogP contribution >= 0.6 is 11.8 Å². The number of rotatable bonds is 3. The predicted octanol–water partition coefficient (Wildman–Crippen LogP) is 2.15. The molecule has 0 amide bonds. The zero-order valence-corrected chi connectivity index (χ0v) is 7.83. The van der Waals surface area contributed by atoms with Crippen molar-refractivity contribution in [2.45, 2.75) is 12.3 Å². The van der Waals surface area contributed by atoms with E-state index in [4.69, 9.17) is 5.73 Å². The van der Waals surface area contributed by atoms with Crippen molar-refractivity contribution < 1.29 is 4.39 Å². The lowest BCUT2D eigenvalue weighted by molar-refractivity contribution is 0.625. The van der Waals surface area contributed by atoms with E-state index >= 15 is 0 Å². The van der Waals surface area contributed by atoms with E-state index in [1.807, 2.05) is 6.26 Å². The standard InChI is InChI=1S/C9H12FNS/c1-12-6-8-4-9(10)3-2-7(8)5-11/h2-4H,5-6,11H2,1H3. The van der Waals surface area contributed by atoms with Crippen LogP contribution in [-0.4, -0.2) is 6.26 Å². The van der Waals surface area contributed by atoms with Crippen LogP contribution in [0.1, 0.15) is 11.1 Å². The summed E-state index contributed by atoms with van der Waals surface area (Å²) in [5.74, 6) is 0.640. The number of hydrogen-bond acceptors (Lipinski definition) is 2. The molecule has 1 rings (SSSR count). The van der Waals surface area contributed by atoms with Crippen molar-refractivity contribution in [1.29, 1.82) is 0 Å². The summed E-state index contributed by atoms with van der Waals surface area (Å²) >= 11 is 1.67. The van der Waals surface area contributed by atoms with Gasteiger partial charge in [0, 0.05) is 12.3 Å². The Hall–Kier alpha value is -0.540. The van der Waals surface area contributed by atoms with E-state index in [2.05, 4.69) is 0 Å². The summed E-state index contributed by atoms with van der Waals surface area (Å²) < 4.78 is 12.8. The van der Waals surface area contributed by atoms with Gasteiger partial charge in [0.15, 0.2) is 0 Å². The molecule has 0 aliphatic carbocycles. The SMILES string of the molecule is CSCc1cc(F)ccc1CN. The molecule has 0 spiro atoms. The maximum Gasteiger partial charge on any atom is 0.123 e. The minimum absolute atomic E-state index is 0.184. The van der Waals surface area contributed by atoms with E-state index in [0.717, 1.165) is 16.9 Å². The molecular weight excluding hydrogens is 173 g/mol. The Bertz CT molecular complexity index is 263. The van der Waals surface area contributed by atoms with Crippen molar-refractivity contribution in [3.05, 3.63) is 35.1 Å². The second-order valence-corrected chi connectivity index (χ2v) is 3.42. The van der Waals surface area contributed by atoms with E-state index in [1.54, 1.807) is 23.9 Å². The summed E-state index contributed by atoms with van der Waals surface area (Å²) in [5.41, 5.74) is 7.54. The Labute approximate surface area is 76.2 Å². The zero-order chi connectivity index (χ0) is 8.97. The smallest absolute Gasteiger partial charge is 0.123 e. The molecule has 66 valence electrons. The molecule has 0 bridgehead atoms. The van der Waals surface area contributed by atoms with Gasteiger partial charge in [0.1, 0.15) is 5.82 Å². The van der Waals surface area contributed by atoms with Crippen LogP contribution in [0.5, 0.6) is 0 Å². The third kappa shape index (κ3) is 2.22. The highest BCUT2D eigenvalue weighted by atomic mass is 32.2. The molecule has 1 aromatic rings. The molecule has 0 saturated carbocycles. The minimum atomic E-state index is -0.184. The Balaban J connectivity index is 2.95. The molecule has 12 heavy (non-hydrogen) atoms. The molecule has 0 radical (unpaired) electrons. The fourth-order valence-electron chi connectivity index (χ4n) is 1.08. The molecule has 2 N–H and O–H groups in total. The van der Waals surface area contributed by atoms with Gasteiger partial charge in [-0.25, -0.2) is 4.39 Å². The van der Waals surface area contributed by atoms with Crippen molar-refractivity contribution in [2.75, 3.05) is 6.26 Å². The first-order valence-electron chi connectivity index (χ1n) is 3.74. The average molecular weight is 185 g/mol. The minimum Gasteiger partial charge on any atom is -0.326 e. The first kappa shape index (κ1) is 9.55. The molecule has 0 aliphatic rings. The summed E-state index contributed by atoms with van der Waals surface area (Å²) in [5, 5.41) is 0. The Morgan fingerprint density at radius 1 is 1.42 bits per heavy atom. The van der Waals surface area contributed by atoms with Gasteiger partial charge in [-0.1, -0.05) is 6.07 Å². The fraction of sp³-hybridized carbons (Fsp3) is 0.333. The van der Waals surface area contributed by atoms with Gasteiger partial charge in [0.05, 0.1) is 0 Å². The fourth-order valence-corrected chi connectivity index (χ4v) is 1.66. The van der Waals surface area contributed by atoms with E-state index < -0.39 is 0 Å². The normalized spacial score (nSPS) is 10.2. The molecule has 0 saturated heterocycles. The highest BCUT2D eigenvalue weighted by Gasteiger charge is 2.01. The molecule has 0 atom stereocenters. The molecule has 0 aromatic heterocycles. The van der Waals surface area contributed by atoms with Crippen molar-refractivity contribution in [1.82, 2.24) is 0 Å². The second-order valence-electron chi connectivity index (χ2n) is 2.55. The second kappa shape index (κ2) is 4.48. The molecule has 0 fully saturated rings. The summed E-state index contributed by atoms with van der Waals surface area (Å²) in [7, 11) is 0. The molecule has 0 heterocycles. The maximum atomic E-state index is 12.8. The van der Waals surface area contributed by atoms with Gasteiger partial charge in [-0.15, -0.1) is 0 Å². The summed E-state index contributed by atoms with van der Waals surface area (Å²) in [6.07, 6.45) is 1.99. The topological polar surface area (TPSA) is 26.0 Å². The van der Waals surface area contributed by atoms with E-state index in [-0.39, 0.29) is 5.82 Å². The van der Waals surface area contributed by atoms with Crippen LogP contribution in [-0.2, 0) is 12.3 Å². The van der Waals surface area contributed by atoms with Crippen LogP contribution in [0.2, 0.25) is 0 Å². The van der Waals surface area contributed by atoms with Gasteiger partial charge in [0.2, 0.25) is 0 Å². The molecular formula is C9H12FNS. The van der Waals surface area contributed by atoms with Crippen molar-refractivity contribution >= 4 is 11.8 Å². The number of nitrogens with two attached hydrogens (primary N) is 1. The summed E-state index contributed by atoms with van der Waals surface area (Å²) in [4.78, 5) is 0. The van der Waals surface area contributed by atoms with E-state index in [9.17, 15) is 4.39 Å². The lowest BCUT2D eigenvalue weighted by Crippen LogP contribution is -2.01. The molecule has 3 heteroatoms. The van der Waals surface area contributed by atoms with Crippen molar-refractivity contribution in [2.24, 2.45) is 5.73 Å². The Kier molecular flexibility index (Phi) is 3.56. The number of hydrogen-bond donors (Lipinski definition) is 1. The molecule has 1 aromatic carbocycles. The van der Waals surface area contributed by atoms with Crippen molar-refractivity contribution in [3.8, 4) is 0 Å². The highest BCUT2D eigenvalue weighted by molar-refractivity contribution is 7.97. The number of benzene rings is 1. The maximum absolute atomic E-state index is 12.8. The monoisotopic (exact) mass is 185 g/mol. The van der Waals surface area contributed by atoms with Gasteiger partial charge in [0.25, 0.3) is 0 Å². The van der Waals surface area contributed by atoms with Gasteiger partial charge in [-0.2, -0.15) is 11.8 Å². The van der Waals surface area contributed by atoms with Crippen LogP contribution in [0.4, 0.5) is 4.39 Å². The van der Waals surface area contributed by atoms with Crippen molar-refractivity contribution in [3.63, 3.8) is 0 Å². The molecule has 0 aliphatic heterocycles. The number of halogens is 1. The van der Waals surface area contributed by atoms with Crippen LogP contribution in [0.15, 0.2) is 18.2 Å². The lowest BCUT2D eigenvalue weighted by atomic mass is 10.1. The van der Waals surface area contributed by atoms with Crippen LogP contribution in [0.3, 0.4) is 0 Å². The van der Waals surface area contributed by atoms with Gasteiger partial charge < -0.3 is 5.73 Å². The number of thioether (sulfide) groups is 1. The third-order valence-electron chi connectivity index (χ3n) is 1.69. The quantitative estimate of drug-likeness (QED) is 0.780. The van der Waals surface area contributed by atoms with E-state index in [1.165, 1.54) is 6.07 Å². The third-order valence-corrected chi connectivity index (χ3v) is 2.29. The van der Waals surface area contributed by atoms with Crippen LogP contribution < -0.4 is 5.73 Å². The van der Waals surface area contributed by atoms with Gasteiger partial charge in [-0.05, 0) is 29.5 Å². The molecule has 0 unspecified atom stereocenters. The first-order chi connectivity index (χ1) is 5.77. The average Bonchev–Trinajstić information content (AvgIpc) is 2.05. The highest BCUT2D eigenvalue weighted by Crippen LogP contribution is 2.15. The lowest BCUT2D eigenvalue weighted by Gasteiger charge is -2.05.